The van der Waals surface area contributed by atoms with Gasteiger partial charge in [0, 0.05) is 25.0 Å². The van der Waals surface area contributed by atoms with Crippen molar-refractivity contribution < 1.29 is 14.3 Å². The van der Waals surface area contributed by atoms with E-state index in [1.807, 2.05) is 6.92 Å². The van der Waals surface area contributed by atoms with Crippen LogP contribution in [0.1, 0.15) is 12.5 Å². The second-order valence-corrected chi connectivity index (χ2v) is 5.45. The topological polar surface area (TPSA) is 81.2 Å². The molecule has 0 atom stereocenters. The average Bonchev–Trinajstić information content (AvgIpc) is 2.48. The van der Waals surface area contributed by atoms with E-state index in [1.165, 1.54) is 18.7 Å². The maximum absolute atomic E-state index is 11.7. The van der Waals surface area contributed by atoms with Crippen molar-refractivity contribution in [1.82, 2.24) is 9.97 Å². The quantitative estimate of drug-likeness (QED) is 0.395. The Kier molecular flexibility index (Phi) is 5.48. The largest absolute Gasteiger partial charge is 0.426 e. The highest BCUT2D eigenvalue weighted by Gasteiger charge is 2.07. The standard InChI is InChI=1S/C15H15N3O3S/c1-10-7-16-15(17-8-10)22-9-14(20)21-13-5-3-12(4-6-13)18-11(2)19/h3-8H,9H2,1-2H3,(H,18,19). The maximum Gasteiger partial charge on any atom is 0.321 e. The van der Waals surface area contributed by atoms with E-state index < -0.39 is 0 Å². The summed E-state index contributed by atoms with van der Waals surface area (Å²) in [6.07, 6.45) is 3.39. The molecule has 1 aromatic carbocycles. The first-order valence-electron chi connectivity index (χ1n) is 6.53. The summed E-state index contributed by atoms with van der Waals surface area (Å²) < 4.78 is 5.19. The minimum absolute atomic E-state index is 0.122. The number of aryl methyl sites for hydroxylation is 1. The number of amides is 1. The van der Waals surface area contributed by atoms with Crippen LogP contribution in [0, 0.1) is 6.92 Å². The van der Waals surface area contributed by atoms with E-state index in [2.05, 4.69) is 15.3 Å². The Morgan fingerprint density at radius 3 is 2.41 bits per heavy atom. The van der Waals surface area contributed by atoms with Crippen molar-refractivity contribution in [1.29, 1.82) is 0 Å². The molecule has 2 rings (SSSR count). The number of hydrogen-bond donors (Lipinski definition) is 1. The zero-order chi connectivity index (χ0) is 15.9. The van der Waals surface area contributed by atoms with Gasteiger partial charge in [-0.05, 0) is 36.8 Å². The first-order chi connectivity index (χ1) is 10.5. The smallest absolute Gasteiger partial charge is 0.321 e. The molecule has 6 nitrogen and oxygen atoms in total. The Balaban J connectivity index is 1.83. The van der Waals surface area contributed by atoms with Gasteiger partial charge in [0.15, 0.2) is 5.16 Å². The normalized spacial score (nSPS) is 10.1. The number of esters is 1. The molecule has 0 unspecified atom stereocenters. The van der Waals surface area contributed by atoms with E-state index in [0.717, 1.165) is 5.56 Å². The first-order valence-corrected chi connectivity index (χ1v) is 7.51. The Bertz CT molecular complexity index is 657. The molecule has 2 aromatic rings. The third kappa shape index (κ3) is 5.17. The summed E-state index contributed by atoms with van der Waals surface area (Å²) >= 11 is 1.21. The second-order valence-electron chi connectivity index (χ2n) is 4.51. The SMILES string of the molecule is CC(=O)Nc1ccc(OC(=O)CSc2ncc(C)cn2)cc1. The van der Waals surface area contributed by atoms with Crippen molar-refractivity contribution in [2.24, 2.45) is 0 Å². The fourth-order valence-electron chi connectivity index (χ4n) is 1.55. The maximum atomic E-state index is 11.7. The van der Waals surface area contributed by atoms with E-state index in [-0.39, 0.29) is 17.6 Å². The zero-order valence-corrected chi connectivity index (χ0v) is 13.0. The fraction of sp³-hybridized carbons (Fsp3) is 0.200. The van der Waals surface area contributed by atoms with Gasteiger partial charge in [-0.3, -0.25) is 9.59 Å². The molecule has 7 heteroatoms. The molecule has 1 N–H and O–H groups in total. The van der Waals surface area contributed by atoms with Gasteiger partial charge in [-0.1, -0.05) is 11.8 Å². The van der Waals surface area contributed by atoms with E-state index in [0.29, 0.717) is 16.6 Å². The minimum atomic E-state index is -0.388. The first kappa shape index (κ1) is 16.0. The molecule has 0 saturated heterocycles. The lowest BCUT2D eigenvalue weighted by molar-refractivity contribution is -0.131. The molecule has 1 aromatic heterocycles. The van der Waals surface area contributed by atoms with Gasteiger partial charge in [-0.15, -0.1) is 0 Å². The molecule has 114 valence electrons. The van der Waals surface area contributed by atoms with E-state index in [1.54, 1.807) is 36.7 Å². The van der Waals surface area contributed by atoms with Crippen molar-refractivity contribution in [2.75, 3.05) is 11.1 Å². The van der Waals surface area contributed by atoms with Crippen LogP contribution in [0.4, 0.5) is 5.69 Å². The summed E-state index contributed by atoms with van der Waals surface area (Å²) in [6.45, 7) is 3.33. The highest BCUT2D eigenvalue weighted by Crippen LogP contribution is 2.17. The van der Waals surface area contributed by atoms with Gasteiger partial charge in [-0.25, -0.2) is 9.97 Å². The molecule has 0 bridgehead atoms. The summed E-state index contributed by atoms with van der Waals surface area (Å²) in [5, 5.41) is 3.17. The molecule has 1 heterocycles. The van der Waals surface area contributed by atoms with Crippen LogP contribution in [0.2, 0.25) is 0 Å². The van der Waals surface area contributed by atoms with Crippen molar-refractivity contribution in [3.05, 3.63) is 42.2 Å². The van der Waals surface area contributed by atoms with Crippen molar-refractivity contribution in [3.63, 3.8) is 0 Å². The number of benzene rings is 1. The Labute approximate surface area is 132 Å². The van der Waals surface area contributed by atoms with E-state index in [9.17, 15) is 9.59 Å². The van der Waals surface area contributed by atoms with Gasteiger partial charge in [0.05, 0.1) is 5.75 Å². The van der Waals surface area contributed by atoms with Crippen LogP contribution in [0.5, 0.6) is 5.75 Å². The second kappa shape index (κ2) is 7.56. The van der Waals surface area contributed by atoms with Crippen LogP contribution in [0.3, 0.4) is 0 Å². The predicted molar refractivity (Wildman–Crippen MR) is 83.9 cm³/mol. The number of thioether (sulfide) groups is 1. The third-order valence-electron chi connectivity index (χ3n) is 2.48. The molecular formula is C15H15N3O3S. The number of ether oxygens (including phenoxy) is 1. The molecular weight excluding hydrogens is 302 g/mol. The summed E-state index contributed by atoms with van der Waals surface area (Å²) in [5.74, 6) is 0.00137. The van der Waals surface area contributed by atoms with Gasteiger partial charge in [0.2, 0.25) is 5.91 Å². The van der Waals surface area contributed by atoms with Gasteiger partial charge in [-0.2, -0.15) is 0 Å². The molecule has 0 spiro atoms. The summed E-state index contributed by atoms with van der Waals surface area (Å²) in [5.41, 5.74) is 1.61. The van der Waals surface area contributed by atoms with Crippen LogP contribution in [0.15, 0.2) is 41.8 Å². The lowest BCUT2D eigenvalue weighted by Gasteiger charge is -2.06. The molecule has 0 aliphatic rings. The zero-order valence-electron chi connectivity index (χ0n) is 12.2. The molecule has 22 heavy (non-hydrogen) atoms. The number of nitrogens with one attached hydrogen (secondary N) is 1. The Morgan fingerprint density at radius 1 is 1.18 bits per heavy atom. The van der Waals surface area contributed by atoms with E-state index in [4.69, 9.17) is 4.74 Å². The van der Waals surface area contributed by atoms with E-state index >= 15 is 0 Å². The molecule has 0 aliphatic heterocycles. The summed E-state index contributed by atoms with van der Waals surface area (Å²) in [4.78, 5) is 30.9. The third-order valence-corrected chi connectivity index (χ3v) is 3.33. The van der Waals surface area contributed by atoms with Gasteiger partial charge < -0.3 is 10.1 Å². The van der Waals surface area contributed by atoms with Crippen LogP contribution >= 0.6 is 11.8 Å². The van der Waals surface area contributed by atoms with Gasteiger partial charge in [0.1, 0.15) is 5.75 Å². The molecule has 0 fully saturated rings. The number of nitrogens with zero attached hydrogens (tertiary/aromatic N) is 2. The Morgan fingerprint density at radius 2 is 1.82 bits per heavy atom. The number of anilines is 1. The summed E-state index contributed by atoms with van der Waals surface area (Å²) in [7, 11) is 0. The highest BCUT2D eigenvalue weighted by molar-refractivity contribution is 7.99. The van der Waals surface area contributed by atoms with Crippen LogP contribution in [0.25, 0.3) is 0 Å². The molecule has 1 amide bonds. The number of hydrogen-bond acceptors (Lipinski definition) is 6. The molecule has 0 aliphatic carbocycles. The number of rotatable bonds is 5. The lowest BCUT2D eigenvalue weighted by Crippen LogP contribution is -2.11. The van der Waals surface area contributed by atoms with Crippen LogP contribution < -0.4 is 10.1 Å². The monoisotopic (exact) mass is 317 g/mol. The molecule has 0 radical (unpaired) electrons. The average molecular weight is 317 g/mol. The molecule has 0 saturated carbocycles. The predicted octanol–water partition coefficient (Wildman–Crippen LogP) is 2.44. The highest BCUT2D eigenvalue weighted by atomic mass is 32.2. The fourth-order valence-corrected chi connectivity index (χ4v) is 2.11. The summed E-state index contributed by atoms with van der Waals surface area (Å²) in [6, 6.07) is 6.58. The van der Waals surface area contributed by atoms with Gasteiger partial charge in [0.25, 0.3) is 0 Å². The number of aromatic nitrogens is 2. The number of carbonyl (C=O) groups is 2. The van der Waals surface area contributed by atoms with Crippen molar-refractivity contribution >= 4 is 29.3 Å². The van der Waals surface area contributed by atoms with Crippen molar-refractivity contribution in [2.45, 2.75) is 19.0 Å². The minimum Gasteiger partial charge on any atom is -0.426 e. The van der Waals surface area contributed by atoms with Crippen molar-refractivity contribution in [3.8, 4) is 5.75 Å². The van der Waals surface area contributed by atoms with Gasteiger partial charge >= 0.3 is 5.97 Å². The Hall–Kier alpha value is -2.41. The number of carbonyl (C=O) groups excluding carboxylic acids is 2. The van der Waals surface area contributed by atoms with Crippen LogP contribution in [-0.2, 0) is 9.59 Å². The lowest BCUT2D eigenvalue weighted by atomic mass is 10.3. The van der Waals surface area contributed by atoms with Crippen LogP contribution in [-0.4, -0.2) is 27.6 Å².